The molecule has 0 spiro atoms. The van der Waals surface area contributed by atoms with Gasteiger partial charge in [-0.2, -0.15) is 37.9 Å². The van der Waals surface area contributed by atoms with E-state index in [9.17, 15) is 9.59 Å². The largest absolute Gasteiger partial charge is 0.494 e. The van der Waals surface area contributed by atoms with Gasteiger partial charge in [-0.05, 0) is 78.3 Å². The summed E-state index contributed by atoms with van der Waals surface area (Å²) in [4.78, 5) is 31.7. The van der Waals surface area contributed by atoms with Gasteiger partial charge in [0.2, 0.25) is 11.8 Å². The molecule has 0 aromatic heterocycles. The van der Waals surface area contributed by atoms with Gasteiger partial charge >= 0.3 is 0 Å². The summed E-state index contributed by atoms with van der Waals surface area (Å²) in [5, 5.41) is 0. The third kappa shape index (κ3) is 9.55. The van der Waals surface area contributed by atoms with Crippen molar-refractivity contribution in [2.45, 2.75) is 64.0 Å². The average Bonchev–Trinajstić information content (AvgIpc) is 2.97. The Kier molecular flexibility index (Phi) is 14.4. The van der Waals surface area contributed by atoms with Gasteiger partial charge in [-0.3, -0.25) is 9.59 Å². The zero-order chi connectivity index (χ0) is 28.7. The van der Waals surface area contributed by atoms with Crippen molar-refractivity contribution in [1.82, 2.24) is 9.80 Å². The first-order valence-corrected chi connectivity index (χ1v) is 16.3. The SMILES string of the molecule is CCCCOc1ccc(CC2C(=O)N(CCCS)C(Cc3ccc(OCCCS)cc3)C(=O)N2CCCS)cc1. The topological polar surface area (TPSA) is 59.1 Å². The number of carbonyl (C=O) groups is 2. The molecule has 0 N–H and O–H groups in total. The Bertz CT molecular complexity index is 952. The Morgan fingerprint density at radius 1 is 0.625 bits per heavy atom. The number of thiol groups is 3. The molecule has 40 heavy (non-hydrogen) atoms. The number of benzene rings is 2. The summed E-state index contributed by atoms with van der Waals surface area (Å²) in [5.41, 5.74) is 2.00. The molecule has 1 aliphatic rings. The molecule has 6 nitrogen and oxygen atoms in total. The predicted molar refractivity (Wildman–Crippen MR) is 173 cm³/mol. The Hall–Kier alpha value is -1.97. The molecule has 3 rings (SSSR count). The van der Waals surface area contributed by atoms with E-state index < -0.39 is 12.1 Å². The number of ether oxygens (including phenoxy) is 2. The number of carbonyl (C=O) groups excluding carboxylic acids is 2. The summed E-state index contributed by atoms with van der Waals surface area (Å²) in [7, 11) is 0. The predicted octanol–water partition coefficient (Wildman–Crippen LogP) is 5.40. The number of piperazine rings is 1. The van der Waals surface area contributed by atoms with E-state index in [1.54, 1.807) is 9.80 Å². The normalized spacial score (nSPS) is 17.4. The van der Waals surface area contributed by atoms with E-state index in [0.29, 0.717) is 50.7 Å². The van der Waals surface area contributed by atoms with Crippen LogP contribution in [-0.2, 0) is 22.4 Å². The van der Waals surface area contributed by atoms with Crippen molar-refractivity contribution in [3.05, 3.63) is 59.7 Å². The Balaban J connectivity index is 1.80. The second kappa shape index (κ2) is 17.8. The fraction of sp³-hybridized carbons (Fsp3) is 0.548. The first-order chi connectivity index (χ1) is 19.5. The average molecular weight is 605 g/mol. The second-order valence-electron chi connectivity index (χ2n) is 10.1. The van der Waals surface area contributed by atoms with Gasteiger partial charge in [0.15, 0.2) is 0 Å². The quantitative estimate of drug-likeness (QED) is 0.158. The highest BCUT2D eigenvalue weighted by molar-refractivity contribution is 7.80. The fourth-order valence-electron chi connectivity index (χ4n) is 4.84. The summed E-state index contributed by atoms with van der Waals surface area (Å²) >= 11 is 13.0. The molecule has 0 bridgehead atoms. The maximum absolute atomic E-state index is 14.0. The molecule has 1 saturated heterocycles. The van der Waals surface area contributed by atoms with Gasteiger partial charge in [-0.25, -0.2) is 0 Å². The smallest absolute Gasteiger partial charge is 0.246 e. The van der Waals surface area contributed by atoms with Crippen LogP contribution in [-0.4, -0.2) is 77.3 Å². The van der Waals surface area contributed by atoms with Gasteiger partial charge in [-0.15, -0.1) is 0 Å². The molecule has 2 atom stereocenters. The third-order valence-electron chi connectivity index (χ3n) is 7.05. The monoisotopic (exact) mass is 604 g/mol. The van der Waals surface area contributed by atoms with Crippen LogP contribution in [0.5, 0.6) is 11.5 Å². The van der Waals surface area contributed by atoms with Crippen molar-refractivity contribution in [2.75, 3.05) is 43.6 Å². The molecule has 1 heterocycles. The number of unbranched alkanes of at least 4 members (excludes halogenated alkanes) is 1. The van der Waals surface area contributed by atoms with Crippen LogP contribution < -0.4 is 9.47 Å². The number of rotatable bonds is 18. The number of nitrogens with zero attached hydrogens (tertiary/aromatic N) is 2. The molecular formula is C31H44N2O4S3. The van der Waals surface area contributed by atoms with Gasteiger partial charge in [0.05, 0.1) is 13.2 Å². The lowest BCUT2D eigenvalue weighted by atomic mass is 9.94. The van der Waals surface area contributed by atoms with Crippen LogP contribution in [0, 0.1) is 0 Å². The number of amides is 2. The molecule has 1 aliphatic heterocycles. The van der Waals surface area contributed by atoms with Crippen molar-refractivity contribution >= 4 is 49.7 Å². The molecule has 9 heteroatoms. The summed E-state index contributed by atoms with van der Waals surface area (Å²) in [6, 6.07) is 14.6. The van der Waals surface area contributed by atoms with Crippen LogP contribution in [0.25, 0.3) is 0 Å². The van der Waals surface area contributed by atoms with E-state index >= 15 is 0 Å². The van der Waals surface area contributed by atoms with Crippen LogP contribution in [0.4, 0.5) is 0 Å². The van der Waals surface area contributed by atoms with E-state index in [4.69, 9.17) is 9.47 Å². The van der Waals surface area contributed by atoms with Crippen LogP contribution >= 0.6 is 37.9 Å². The number of hydrogen-bond donors (Lipinski definition) is 3. The van der Waals surface area contributed by atoms with Crippen molar-refractivity contribution in [3.8, 4) is 11.5 Å². The second-order valence-corrected chi connectivity index (χ2v) is 11.4. The Labute approximate surface area is 256 Å². The van der Waals surface area contributed by atoms with E-state index in [0.717, 1.165) is 60.5 Å². The van der Waals surface area contributed by atoms with Gasteiger partial charge in [0.1, 0.15) is 23.6 Å². The van der Waals surface area contributed by atoms with Gasteiger partial charge in [-0.1, -0.05) is 37.6 Å². The van der Waals surface area contributed by atoms with Crippen molar-refractivity contribution in [1.29, 1.82) is 0 Å². The van der Waals surface area contributed by atoms with E-state index in [2.05, 4.69) is 44.8 Å². The molecule has 2 aromatic rings. The zero-order valence-corrected chi connectivity index (χ0v) is 26.2. The molecule has 2 unspecified atom stereocenters. The summed E-state index contributed by atoms with van der Waals surface area (Å²) in [5.74, 6) is 3.69. The van der Waals surface area contributed by atoms with Crippen molar-refractivity contribution in [3.63, 3.8) is 0 Å². The van der Waals surface area contributed by atoms with Crippen LogP contribution in [0.15, 0.2) is 48.5 Å². The maximum atomic E-state index is 14.0. The molecule has 0 aliphatic carbocycles. The van der Waals surface area contributed by atoms with Crippen LogP contribution in [0.2, 0.25) is 0 Å². The van der Waals surface area contributed by atoms with Gasteiger partial charge < -0.3 is 19.3 Å². The van der Waals surface area contributed by atoms with Crippen LogP contribution in [0.1, 0.15) is 50.2 Å². The summed E-state index contributed by atoms with van der Waals surface area (Å²) in [6.45, 7) is 4.45. The van der Waals surface area contributed by atoms with E-state index in [1.165, 1.54) is 0 Å². The minimum absolute atomic E-state index is 0.000489. The first kappa shape index (κ1) is 32.5. The molecule has 220 valence electrons. The zero-order valence-electron chi connectivity index (χ0n) is 23.5. The lowest BCUT2D eigenvalue weighted by molar-refractivity contribution is -0.161. The molecule has 2 aromatic carbocycles. The number of hydrogen-bond acceptors (Lipinski definition) is 7. The molecular weight excluding hydrogens is 561 g/mol. The van der Waals surface area contributed by atoms with Crippen molar-refractivity contribution < 1.29 is 19.1 Å². The summed E-state index contributed by atoms with van der Waals surface area (Å²) < 4.78 is 11.6. The van der Waals surface area contributed by atoms with Crippen LogP contribution in [0.3, 0.4) is 0 Å². The molecule has 0 saturated carbocycles. The molecule has 0 radical (unpaired) electrons. The fourth-order valence-corrected chi connectivity index (χ4v) is 5.26. The highest BCUT2D eigenvalue weighted by atomic mass is 32.1. The minimum atomic E-state index is -0.547. The van der Waals surface area contributed by atoms with E-state index in [1.807, 2.05) is 48.5 Å². The highest BCUT2D eigenvalue weighted by Crippen LogP contribution is 2.26. The van der Waals surface area contributed by atoms with Crippen molar-refractivity contribution in [2.24, 2.45) is 0 Å². The first-order valence-electron chi connectivity index (χ1n) is 14.4. The van der Waals surface area contributed by atoms with Gasteiger partial charge in [0.25, 0.3) is 0 Å². The van der Waals surface area contributed by atoms with Gasteiger partial charge in [0, 0.05) is 25.9 Å². The lowest BCUT2D eigenvalue weighted by Gasteiger charge is -2.45. The minimum Gasteiger partial charge on any atom is -0.494 e. The Morgan fingerprint density at radius 2 is 1.02 bits per heavy atom. The highest BCUT2D eigenvalue weighted by Gasteiger charge is 2.45. The van der Waals surface area contributed by atoms with E-state index in [-0.39, 0.29) is 11.8 Å². The standard InChI is InChI=1S/C31H44N2O4S3/c1-2-3-17-36-26-11-7-24(8-12-26)22-28-30(34)33(16-5-20-39)29(31(35)32(28)15-4-19-38)23-25-9-13-27(14-10-25)37-18-6-21-40/h7-14,28-29,38-40H,2-6,15-23H2,1H3. The molecule has 2 amide bonds. The summed E-state index contributed by atoms with van der Waals surface area (Å²) in [6.07, 6.45) is 5.35. The lowest BCUT2D eigenvalue weighted by Crippen LogP contribution is -2.66. The Morgan fingerprint density at radius 3 is 1.40 bits per heavy atom. The maximum Gasteiger partial charge on any atom is 0.246 e. The molecule has 1 fully saturated rings. The third-order valence-corrected chi connectivity index (χ3v) is 7.99.